The normalized spacial score (nSPS) is 10.4. The monoisotopic (exact) mass is 256 g/mol. The Bertz CT molecular complexity index is 413. The Balaban J connectivity index is 3.29. The zero-order valence-electron chi connectivity index (χ0n) is 11.0. The Morgan fingerprint density at radius 1 is 1.50 bits per heavy atom. The molecule has 0 aromatic carbocycles. The van der Waals surface area contributed by atoms with Crippen molar-refractivity contribution in [2.24, 2.45) is 0 Å². The van der Waals surface area contributed by atoms with Gasteiger partial charge in [-0.15, -0.1) is 0 Å². The molecule has 18 heavy (non-hydrogen) atoms. The van der Waals surface area contributed by atoms with Crippen LogP contribution in [0.3, 0.4) is 0 Å². The molecule has 0 bridgehead atoms. The van der Waals surface area contributed by atoms with Crippen LogP contribution in [0.4, 0.5) is 11.6 Å². The van der Waals surface area contributed by atoms with E-state index in [2.05, 4.69) is 5.10 Å². The van der Waals surface area contributed by atoms with Gasteiger partial charge in [-0.25, -0.2) is 9.48 Å². The molecule has 1 aromatic heterocycles. The van der Waals surface area contributed by atoms with E-state index in [0.29, 0.717) is 18.9 Å². The van der Waals surface area contributed by atoms with Crippen molar-refractivity contribution in [1.29, 1.82) is 0 Å². The molecule has 0 saturated carbocycles. The van der Waals surface area contributed by atoms with E-state index >= 15 is 0 Å². The zero-order chi connectivity index (χ0) is 13.7. The smallest absolute Gasteiger partial charge is 0.345 e. The molecule has 0 aliphatic heterocycles. The molecule has 0 aliphatic carbocycles. The highest BCUT2D eigenvalue weighted by Gasteiger charge is 2.25. The lowest BCUT2D eigenvalue weighted by atomic mass is 10.2. The second-order valence-electron chi connectivity index (χ2n) is 3.69. The predicted octanol–water partition coefficient (Wildman–Crippen LogP) is 0.0904. The molecule has 0 amide bonds. The van der Waals surface area contributed by atoms with E-state index in [4.69, 9.17) is 15.6 Å². The van der Waals surface area contributed by atoms with Crippen LogP contribution in [0.1, 0.15) is 24.2 Å². The van der Waals surface area contributed by atoms with Crippen molar-refractivity contribution >= 4 is 17.6 Å². The van der Waals surface area contributed by atoms with Crippen LogP contribution in [-0.2, 0) is 11.3 Å². The number of aliphatic hydroxyl groups excluding tert-OH is 1. The molecule has 0 saturated heterocycles. The van der Waals surface area contributed by atoms with Crippen LogP contribution in [0, 0.1) is 0 Å². The minimum Gasteiger partial charge on any atom is -0.465 e. The van der Waals surface area contributed by atoms with Crippen molar-refractivity contribution in [3.63, 3.8) is 0 Å². The van der Waals surface area contributed by atoms with E-state index in [1.807, 2.05) is 18.7 Å². The topological polar surface area (TPSA) is 93.6 Å². The molecule has 3 N–H and O–H groups in total. The number of rotatable bonds is 6. The number of hydrogen-bond donors (Lipinski definition) is 2. The van der Waals surface area contributed by atoms with E-state index in [1.165, 1.54) is 11.8 Å². The van der Waals surface area contributed by atoms with E-state index in [9.17, 15) is 4.79 Å². The molecular weight excluding hydrogens is 236 g/mol. The maximum atomic E-state index is 11.8. The van der Waals surface area contributed by atoms with E-state index in [1.54, 1.807) is 0 Å². The summed E-state index contributed by atoms with van der Waals surface area (Å²) in [5, 5.41) is 13.2. The number of hydrogen-bond acceptors (Lipinski definition) is 6. The third kappa shape index (κ3) is 2.56. The summed E-state index contributed by atoms with van der Waals surface area (Å²) in [6.07, 6.45) is 0. The van der Waals surface area contributed by atoms with Gasteiger partial charge in [-0.2, -0.15) is 5.10 Å². The lowest BCUT2D eigenvalue weighted by Crippen LogP contribution is -2.24. The first-order valence-electron chi connectivity index (χ1n) is 5.91. The van der Waals surface area contributed by atoms with Crippen LogP contribution in [0.2, 0.25) is 0 Å². The molecule has 0 spiro atoms. The van der Waals surface area contributed by atoms with E-state index < -0.39 is 5.97 Å². The summed E-state index contributed by atoms with van der Waals surface area (Å²) in [5.74, 6) is 0.203. The Kier molecular flexibility index (Phi) is 4.96. The van der Waals surface area contributed by atoms with E-state index in [-0.39, 0.29) is 24.5 Å². The Morgan fingerprint density at radius 2 is 2.11 bits per heavy atom. The van der Waals surface area contributed by atoms with Gasteiger partial charge in [-0.3, -0.25) is 0 Å². The molecule has 7 nitrogen and oxygen atoms in total. The van der Waals surface area contributed by atoms with Gasteiger partial charge in [-0.05, 0) is 13.8 Å². The van der Waals surface area contributed by atoms with Crippen molar-refractivity contribution < 1.29 is 14.6 Å². The summed E-state index contributed by atoms with van der Waals surface area (Å²) in [7, 11) is 1.30. The van der Waals surface area contributed by atoms with Gasteiger partial charge < -0.3 is 20.5 Å². The number of carbonyl (C=O) groups excluding carboxylic acids is 1. The van der Waals surface area contributed by atoms with Crippen molar-refractivity contribution in [2.45, 2.75) is 20.4 Å². The van der Waals surface area contributed by atoms with Gasteiger partial charge in [0.25, 0.3) is 0 Å². The minimum absolute atomic E-state index is 0.0931. The Morgan fingerprint density at radius 3 is 2.56 bits per heavy atom. The first-order valence-corrected chi connectivity index (χ1v) is 5.91. The average Bonchev–Trinajstić information content (AvgIpc) is 2.68. The van der Waals surface area contributed by atoms with Gasteiger partial charge in [0.15, 0.2) is 5.82 Å². The number of carbonyl (C=O) groups is 1. The van der Waals surface area contributed by atoms with Crippen LogP contribution < -0.4 is 10.6 Å². The van der Waals surface area contributed by atoms with Crippen molar-refractivity contribution in [2.75, 3.05) is 37.4 Å². The van der Waals surface area contributed by atoms with Crippen LogP contribution in [0.15, 0.2) is 0 Å². The second-order valence-corrected chi connectivity index (χ2v) is 3.69. The zero-order valence-corrected chi connectivity index (χ0v) is 11.0. The number of ether oxygens (including phenoxy) is 1. The fourth-order valence-corrected chi connectivity index (χ4v) is 1.77. The average molecular weight is 256 g/mol. The first kappa shape index (κ1) is 14.3. The third-order valence-electron chi connectivity index (χ3n) is 2.74. The molecule has 7 heteroatoms. The van der Waals surface area contributed by atoms with Gasteiger partial charge in [0.2, 0.25) is 0 Å². The van der Waals surface area contributed by atoms with E-state index in [0.717, 1.165) is 0 Å². The quantitative estimate of drug-likeness (QED) is 0.701. The molecule has 1 heterocycles. The van der Waals surface area contributed by atoms with Gasteiger partial charge in [0.1, 0.15) is 11.4 Å². The molecular formula is C11H20N4O3. The van der Waals surface area contributed by atoms with Crippen LogP contribution in [0.25, 0.3) is 0 Å². The number of methoxy groups -OCH3 is 1. The highest BCUT2D eigenvalue weighted by molar-refractivity contribution is 5.99. The third-order valence-corrected chi connectivity index (χ3v) is 2.74. The van der Waals surface area contributed by atoms with Crippen molar-refractivity contribution in [3.05, 3.63) is 5.56 Å². The standard InChI is InChI=1S/C11H20N4O3/c1-4-14(5-2)10-8(11(17)18-3)9(12)15(13-10)6-7-16/h16H,4-7,12H2,1-3H3. The van der Waals surface area contributed by atoms with Gasteiger partial charge in [-0.1, -0.05) is 0 Å². The fraction of sp³-hybridized carbons (Fsp3) is 0.636. The van der Waals surface area contributed by atoms with Crippen molar-refractivity contribution in [3.8, 4) is 0 Å². The number of esters is 1. The molecule has 102 valence electrons. The summed E-state index contributed by atoms with van der Waals surface area (Å²) in [4.78, 5) is 13.7. The number of aliphatic hydroxyl groups is 1. The van der Waals surface area contributed by atoms with Crippen LogP contribution >= 0.6 is 0 Å². The lowest BCUT2D eigenvalue weighted by molar-refractivity contribution is 0.0602. The SMILES string of the molecule is CCN(CC)c1nn(CCO)c(N)c1C(=O)OC. The highest BCUT2D eigenvalue weighted by Crippen LogP contribution is 2.25. The molecule has 1 aromatic rings. The lowest BCUT2D eigenvalue weighted by Gasteiger charge is -2.18. The maximum Gasteiger partial charge on any atom is 0.345 e. The summed E-state index contributed by atoms with van der Waals surface area (Å²) >= 11 is 0. The minimum atomic E-state index is -0.515. The number of nitrogen functional groups attached to an aromatic ring is 1. The van der Waals surface area contributed by atoms with Gasteiger partial charge in [0.05, 0.1) is 20.3 Å². The van der Waals surface area contributed by atoms with Gasteiger partial charge >= 0.3 is 5.97 Å². The molecule has 1 rings (SSSR count). The van der Waals surface area contributed by atoms with Crippen LogP contribution in [0.5, 0.6) is 0 Å². The largest absolute Gasteiger partial charge is 0.465 e. The Labute approximate surface area is 106 Å². The summed E-state index contributed by atoms with van der Waals surface area (Å²) in [5.41, 5.74) is 6.13. The number of nitrogens with zero attached hydrogens (tertiary/aromatic N) is 3. The van der Waals surface area contributed by atoms with Crippen LogP contribution in [-0.4, -0.2) is 47.7 Å². The second kappa shape index (κ2) is 6.25. The number of anilines is 2. The van der Waals surface area contributed by atoms with Crippen molar-refractivity contribution in [1.82, 2.24) is 9.78 Å². The molecule has 0 radical (unpaired) electrons. The summed E-state index contributed by atoms with van der Waals surface area (Å²) < 4.78 is 6.14. The summed E-state index contributed by atoms with van der Waals surface area (Å²) in [6.45, 7) is 5.49. The Hall–Kier alpha value is -1.76. The van der Waals surface area contributed by atoms with Gasteiger partial charge in [0, 0.05) is 13.1 Å². The molecule has 0 atom stereocenters. The predicted molar refractivity (Wildman–Crippen MR) is 68.6 cm³/mol. The first-order chi connectivity index (χ1) is 8.60. The molecule has 0 unspecified atom stereocenters. The maximum absolute atomic E-state index is 11.8. The summed E-state index contributed by atoms with van der Waals surface area (Å²) in [6, 6.07) is 0. The highest BCUT2D eigenvalue weighted by atomic mass is 16.5. The molecule has 0 aliphatic rings. The number of aromatic nitrogens is 2. The molecule has 0 fully saturated rings. The number of nitrogens with two attached hydrogens (primary N) is 1. The fourth-order valence-electron chi connectivity index (χ4n) is 1.77.